The minimum absolute atomic E-state index is 0.117. The third-order valence-corrected chi connectivity index (χ3v) is 4.82. The zero-order valence-electron chi connectivity index (χ0n) is 15.1. The van der Waals surface area contributed by atoms with Gasteiger partial charge in [-0.15, -0.1) is 0 Å². The minimum Gasteiger partial charge on any atom is -0.338 e. The summed E-state index contributed by atoms with van der Waals surface area (Å²) in [5, 5.41) is 4.61. The number of hydrogen-bond donors (Lipinski definition) is 1. The summed E-state index contributed by atoms with van der Waals surface area (Å²) < 4.78 is 0. The van der Waals surface area contributed by atoms with Gasteiger partial charge in [-0.1, -0.05) is 32.0 Å². The van der Waals surface area contributed by atoms with Crippen molar-refractivity contribution >= 4 is 16.8 Å². The van der Waals surface area contributed by atoms with Crippen LogP contribution in [0.4, 0.5) is 0 Å². The smallest absolute Gasteiger partial charge is 0.255 e. The Kier molecular flexibility index (Phi) is 4.86. The SMILES string of the molecule is Cc1nc2c(C)cccc2cc1C(=O)N1CCC(NC(C)C)CC1. The number of carbonyl (C=O) groups is 1. The molecular weight excluding hydrogens is 298 g/mol. The first-order valence-corrected chi connectivity index (χ1v) is 8.88. The number of hydrogen-bond acceptors (Lipinski definition) is 3. The Labute approximate surface area is 144 Å². The zero-order chi connectivity index (χ0) is 17.3. The summed E-state index contributed by atoms with van der Waals surface area (Å²) in [6, 6.07) is 9.13. The summed E-state index contributed by atoms with van der Waals surface area (Å²) in [7, 11) is 0. The van der Waals surface area contributed by atoms with Gasteiger partial charge < -0.3 is 10.2 Å². The van der Waals surface area contributed by atoms with Gasteiger partial charge in [0.1, 0.15) is 0 Å². The highest BCUT2D eigenvalue weighted by atomic mass is 16.2. The van der Waals surface area contributed by atoms with Gasteiger partial charge in [-0.25, -0.2) is 0 Å². The number of para-hydroxylation sites is 1. The number of benzene rings is 1. The highest BCUT2D eigenvalue weighted by Crippen LogP contribution is 2.22. The molecule has 0 atom stereocenters. The van der Waals surface area contributed by atoms with Gasteiger partial charge >= 0.3 is 0 Å². The number of likely N-dealkylation sites (tertiary alicyclic amines) is 1. The van der Waals surface area contributed by atoms with E-state index in [1.165, 1.54) is 0 Å². The number of aryl methyl sites for hydroxylation is 2. The highest BCUT2D eigenvalue weighted by molar-refractivity contribution is 5.99. The molecule has 1 saturated heterocycles. The molecule has 0 saturated carbocycles. The number of rotatable bonds is 3. The quantitative estimate of drug-likeness (QED) is 0.940. The van der Waals surface area contributed by atoms with Crippen molar-refractivity contribution in [2.75, 3.05) is 13.1 Å². The topological polar surface area (TPSA) is 45.2 Å². The lowest BCUT2D eigenvalue weighted by Gasteiger charge is -2.33. The van der Waals surface area contributed by atoms with Crippen molar-refractivity contribution in [3.05, 3.63) is 41.1 Å². The molecule has 1 aromatic heterocycles. The van der Waals surface area contributed by atoms with Crippen molar-refractivity contribution in [1.29, 1.82) is 0 Å². The molecule has 2 heterocycles. The number of amides is 1. The second kappa shape index (κ2) is 6.89. The predicted octanol–water partition coefficient (Wildman–Crippen LogP) is 3.45. The van der Waals surface area contributed by atoms with E-state index in [0.717, 1.165) is 53.7 Å². The van der Waals surface area contributed by atoms with Gasteiger partial charge in [0, 0.05) is 30.6 Å². The van der Waals surface area contributed by atoms with Crippen LogP contribution in [-0.2, 0) is 0 Å². The molecule has 3 rings (SSSR count). The van der Waals surface area contributed by atoms with Crippen LogP contribution < -0.4 is 5.32 Å². The van der Waals surface area contributed by atoms with Gasteiger partial charge in [0.15, 0.2) is 0 Å². The predicted molar refractivity (Wildman–Crippen MR) is 98.4 cm³/mol. The second-order valence-electron chi connectivity index (χ2n) is 7.16. The maximum Gasteiger partial charge on any atom is 0.255 e. The van der Waals surface area contributed by atoms with Crippen molar-refractivity contribution in [3.8, 4) is 0 Å². The third-order valence-electron chi connectivity index (χ3n) is 4.82. The van der Waals surface area contributed by atoms with Crippen molar-refractivity contribution in [2.45, 2.75) is 52.6 Å². The average molecular weight is 325 g/mol. The summed E-state index contributed by atoms with van der Waals surface area (Å²) in [6.07, 6.45) is 2.03. The first-order chi connectivity index (χ1) is 11.5. The van der Waals surface area contributed by atoms with Crippen molar-refractivity contribution in [3.63, 3.8) is 0 Å². The fraction of sp³-hybridized carbons (Fsp3) is 0.500. The Hall–Kier alpha value is -1.94. The number of nitrogens with one attached hydrogen (secondary N) is 1. The molecule has 4 nitrogen and oxygen atoms in total. The van der Waals surface area contributed by atoms with Gasteiger partial charge in [0.2, 0.25) is 0 Å². The lowest BCUT2D eigenvalue weighted by Crippen LogP contribution is -2.46. The molecular formula is C20H27N3O. The van der Waals surface area contributed by atoms with Gasteiger partial charge in [0.05, 0.1) is 16.8 Å². The fourth-order valence-electron chi connectivity index (χ4n) is 3.55. The Morgan fingerprint density at radius 2 is 1.96 bits per heavy atom. The molecule has 0 unspecified atom stereocenters. The van der Waals surface area contributed by atoms with Gasteiger partial charge in [-0.2, -0.15) is 0 Å². The molecule has 2 aromatic rings. The van der Waals surface area contributed by atoms with Gasteiger partial charge in [-0.3, -0.25) is 9.78 Å². The molecule has 1 N–H and O–H groups in total. The summed E-state index contributed by atoms with van der Waals surface area (Å²) in [6.45, 7) is 9.96. The highest BCUT2D eigenvalue weighted by Gasteiger charge is 2.25. The van der Waals surface area contributed by atoms with E-state index in [0.29, 0.717) is 12.1 Å². The minimum atomic E-state index is 0.117. The van der Waals surface area contributed by atoms with Crippen LogP contribution in [0.2, 0.25) is 0 Å². The number of aromatic nitrogens is 1. The first-order valence-electron chi connectivity index (χ1n) is 8.88. The lowest BCUT2D eigenvalue weighted by molar-refractivity contribution is 0.0702. The van der Waals surface area contributed by atoms with Crippen LogP contribution in [-0.4, -0.2) is 41.0 Å². The zero-order valence-corrected chi connectivity index (χ0v) is 15.1. The molecule has 0 aliphatic carbocycles. The number of fused-ring (bicyclic) bond motifs is 1. The Morgan fingerprint density at radius 3 is 2.62 bits per heavy atom. The summed E-state index contributed by atoms with van der Waals surface area (Å²) in [4.78, 5) is 19.6. The molecule has 1 aromatic carbocycles. The van der Waals surface area contributed by atoms with Gasteiger partial charge in [-0.05, 0) is 38.3 Å². The number of carbonyl (C=O) groups excluding carboxylic acids is 1. The molecule has 0 spiro atoms. The fourth-order valence-corrected chi connectivity index (χ4v) is 3.55. The maximum absolute atomic E-state index is 12.9. The van der Waals surface area contributed by atoms with Crippen molar-refractivity contribution in [1.82, 2.24) is 15.2 Å². The molecule has 128 valence electrons. The van der Waals surface area contributed by atoms with Crippen LogP contribution in [0.1, 0.15) is 48.3 Å². The maximum atomic E-state index is 12.9. The number of pyridine rings is 1. The molecule has 1 aliphatic rings. The summed E-state index contributed by atoms with van der Waals surface area (Å²) >= 11 is 0. The summed E-state index contributed by atoms with van der Waals surface area (Å²) in [5.41, 5.74) is 3.70. The van der Waals surface area contributed by atoms with Crippen molar-refractivity contribution in [2.24, 2.45) is 0 Å². The Balaban J connectivity index is 1.78. The molecule has 0 bridgehead atoms. The van der Waals surface area contributed by atoms with Crippen LogP contribution >= 0.6 is 0 Å². The normalized spacial score (nSPS) is 16.1. The number of piperidine rings is 1. The van der Waals surface area contributed by atoms with Crippen LogP contribution in [0.5, 0.6) is 0 Å². The monoisotopic (exact) mass is 325 g/mol. The van der Waals surface area contributed by atoms with Crippen LogP contribution in [0, 0.1) is 13.8 Å². The van der Waals surface area contributed by atoms with Crippen LogP contribution in [0.15, 0.2) is 24.3 Å². The van der Waals surface area contributed by atoms with E-state index in [9.17, 15) is 4.79 Å². The molecule has 0 radical (unpaired) electrons. The van der Waals surface area contributed by atoms with E-state index in [2.05, 4.69) is 37.1 Å². The van der Waals surface area contributed by atoms with Crippen molar-refractivity contribution < 1.29 is 4.79 Å². The van der Waals surface area contributed by atoms with E-state index >= 15 is 0 Å². The molecule has 1 fully saturated rings. The van der Waals surface area contributed by atoms with E-state index < -0.39 is 0 Å². The van der Waals surface area contributed by atoms with E-state index in [1.807, 2.05) is 30.0 Å². The molecule has 24 heavy (non-hydrogen) atoms. The standard InChI is InChI=1S/C20H27N3O/c1-13(2)21-17-8-10-23(11-9-17)20(24)18-12-16-7-5-6-14(3)19(16)22-15(18)4/h5-7,12-13,17,21H,8-11H2,1-4H3. The average Bonchev–Trinajstić information content (AvgIpc) is 2.55. The van der Waals surface area contributed by atoms with Crippen LogP contribution in [0.3, 0.4) is 0 Å². The van der Waals surface area contributed by atoms with E-state index in [1.54, 1.807) is 0 Å². The first kappa shape index (κ1) is 16.9. The lowest BCUT2D eigenvalue weighted by atomic mass is 10.0. The Bertz CT molecular complexity index is 746. The van der Waals surface area contributed by atoms with Gasteiger partial charge in [0.25, 0.3) is 5.91 Å². The largest absolute Gasteiger partial charge is 0.338 e. The van der Waals surface area contributed by atoms with E-state index in [4.69, 9.17) is 0 Å². The molecule has 1 amide bonds. The van der Waals surface area contributed by atoms with Crippen LogP contribution in [0.25, 0.3) is 10.9 Å². The Morgan fingerprint density at radius 1 is 1.25 bits per heavy atom. The molecule has 1 aliphatic heterocycles. The second-order valence-corrected chi connectivity index (χ2v) is 7.16. The summed E-state index contributed by atoms with van der Waals surface area (Å²) in [5.74, 6) is 0.117. The third kappa shape index (κ3) is 3.44. The number of nitrogens with zero attached hydrogens (tertiary/aromatic N) is 2. The molecule has 4 heteroatoms. The van der Waals surface area contributed by atoms with E-state index in [-0.39, 0.29) is 5.91 Å².